The molecule has 106 valence electrons. The molecule has 21 heavy (non-hydrogen) atoms. The van der Waals surface area contributed by atoms with Gasteiger partial charge in [0.05, 0.1) is 29.9 Å². The van der Waals surface area contributed by atoms with Gasteiger partial charge in [-0.25, -0.2) is 4.79 Å². The van der Waals surface area contributed by atoms with Crippen LogP contribution in [0, 0.1) is 11.3 Å². The predicted molar refractivity (Wildman–Crippen MR) is 76.7 cm³/mol. The molecule has 0 saturated carbocycles. The molecule has 6 heteroatoms. The number of aromatic carboxylic acids is 1. The second-order valence-corrected chi connectivity index (χ2v) is 4.39. The van der Waals surface area contributed by atoms with Crippen molar-refractivity contribution in [1.82, 2.24) is 9.97 Å². The van der Waals surface area contributed by atoms with Crippen LogP contribution in [0.1, 0.15) is 22.3 Å². The van der Waals surface area contributed by atoms with Crippen LogP contribution >= 0.6 is 0 Å². The molecular formula is C15H14N4O2. The molecule has 0 saturated heterocycles. The molecule has 0 aliphatic rings. The minimum Gasteiger partial charge on any atom is -0.478 e. The quantitative estimate of drug-likeness (QED) is 0.872. The Bertz CT molecular complexity index is 652. The first kappa shape index (κ1) is 14.5. The van der Waals surface area contributed by atoms with E-state index in [-0.39, 0.29) is 5.56 Å². The van der Waals surface area contributed by atoms with Gasteiger partial charge in [0.2, 0.25) is 0 Å². The summed E-state index contributed by atoms with van der Waals surface area (Å²) in [5.41, 5.74) is 1.62. The third kappa shape index (κ3) is 3.76. The standard InChI is InChI=1S/C15H14N4O2/c16-5-2-8-19(11-12-3-1-6-17-9-12)14-10-18-7-4-13(14)15(20)21/h1,3-4,6-7,9-10H,2,8,11H2,(H,20,21). The molecule has 0 radical (unpaired) electrons. The van der Waals surface area contributed by atoms with Crippen LogP contribution in [0.3, 0.4) is 0 Å². The number of rotatable bonds is 6. The van der Waals surface area contributed by atoms with Crippen LogP contribution in [-0.4, -0.2) is 27.6 Å². The minimum absolute atomic E-state index is 0.173. The fourth-order valence-electron chi connectivity index (χ4n) is 2.00. The number of nitrogens with zero attached hydrogens (tertiary/aromatic N) is 4. The molecular weight excluding hydrogens is 268 g/mol. The minimum atomic E-state index is -1.01. The molecule has 2 heterocycles. The lowest BCUT2D eigenvalue weighted by molar-refractivity contribution is 0.0697. The molecule has 2 aromatic rings. The van der Waals surface area contributed by atoms with E-state index in [1.165, 1.54) is 18.5 Å². The number of carboxylic acids is 1. The number of carbonyl (C=O) groups is 1. The Morgan fingerprint density at radius 1 is 1.29 bits per heavy atom. The number of hydrogen-bond acceptors (Lipinski definition) is 5. The molecule has 0 atom stereocenters. The van der Waals surface area contributed by atoms with Crippen molar-refractivity contribution in [3.05, 3.63) is 54.1 Å². The molecule has 2 aromatic heterocycles. The van der Waals surface area contributed by atoms with Gasteiger partial charge in [-0.05, 0) is 17.7 Å². The molecule has 0 unspecified atom stereocenters. The Morgan fingerprint density at radius 2 is 2.10 bits per heavy atom. The van der Waals surface area contributed by atoms with Crippen molar-refractivity contribution in [2.75, 3.05) is 11.4 Å². The van der Waals surface area contributed by atoms with Crippen LogP contribution in [0.5, 0.6) is 0 Å². The summed E-state index contributed by atoms with van der Waals surface area (Å²) in [4.78, 5) is 21.2. The van der Waals surface area contributed by atoms with Crippen LogP contribution in [0.2, 0.25) is 0 Å². The second kappa shape index (κ2) is 7.01. The summed E-state index contributed by atoms with van der Waals surface area (Å²) in [5, 5.41) is 18.1. The summed E-state index contributed by atoms with van der Waals surface area (Å²) in [6, 6.07) is 7.26. The Kier molecular flexibility index (Phi) is 4.83. The van der Waals surface area contributed by atoms with Gasteiger partial charge in [0.15, 0.2) is 0 Å². The third-order valence-corrected chi connectivity index (χ3v) is 2.96. The van der Waals surface area contributed by atoms with Gasteiger partial charge in [0.1, 0.15) is 0 Å². The number of nitriles is 1. The van der Waals surface area contributed by atoms with Crippen molar-refractivity contribution >= 4 is 11.7 Å². The van der Waals surface area contributed by atoms with Crippen molar-refractivity contribution in [3.8, 4) is 6.07 Å². The van der Waals surface area contributed by atoms with Gasteiger partial charge < -0.3 is 10.0 Å². The van der Waals surface area contributed by atoms with E-state index < -0.39 is 5.97 Å². The van der Waals surface area contributed by atoms with Gasteiger partial charge in [-0.3, -0.25) is 9.97 Å². The number of aromatic nitrogens is 2. The Morgan fingerprint density at radius 3 is 2.76 bits per heavy atom. The zero-order valence-electron chi connectivity index (χ0n) is 11.3. The molecule has 0 aliphatic heterocycles. The lowest BCUT2D eigenvalue weighted by Gasteiger charge is -2.24. The van der Waals surface area contributed by atoms with E-state index >= 15 is 0 Å². The second-order valence-electron chi connectivity index (χ2n) is 4.39. The van der Waals surface area contributed by atoms with Gasteiger partial charge >= 0.3 is 5.97 Å². The van der Waals surface area contributed by atoms with Gasteiger partial charge in [-0.1, -0.05) is 6.07 Å². The molecule has 0 amide bonds. The number of carboxylic acid groups (broad SMARTS) is 1. The van der Waals surface area contributed by atoms with Crippen LogP contribution < -0.4 is 4.90 Å². The molecule has 2 rings (SSSR count). The average Bonchev–Trinajstić information content (AvgIpc) is 2.52. The fraction of sp³-hybridized carbons (Fsp3) is 0.200. The van der Waals surface area contributed by atoms with Crippen molar-refractivity contribution in [2.45, 2.75) is 13.0 Å². The fourth-order valence-corrected chi connectivity index (χ4v) is 2.00. The normalized spacial score (nSPS) is 9.86. The Labute approximate surface area is 122 Å². The van der Waals surface area contributed by atoms with Gasteiger partial charge in [-0.2, -0.15) is 5.26 Å². The van der Waals surface area contributed by atoms with E-state index in [1.54, 1.807) is 12.4 Å². The van der Waals surface area contributed by atoms with Crippen molar-refractivity contribution in [2.24, 2.45) is 0 Å². The van der Waals surface area contributed by atoms with Crippen molar-refractivity contribution < 1.29 is 9.90 Å². The van der Waals surface area contributed by atoms with Crippen LogP contribution in [0.25, 0.3) is 0 Å². The molecule has 0 aromatic carbocycles. The van der Waals surface area contributed by atoms with Crippen molar-refractivity contribution in [1.29, 1.82) is 5.26 Å². The summed E-state index contributed by atoms with van der Waals surface area (Å²) in [6.45, 7) is 0.902. The Balaban J connectivity index is 2.32. The van der Waals surface area contributed by atoms with Crippen LogP contribution in [0.15, 0.2) is 43.0 Å². The van der Waals surface area contributed by atoms with E-state index in [0.29, 0.717) is 25.2 Å². The summed E-state index contributed by atoms with van der Waals surface area (Å²) in [6.07, 6.45) is 6.65. The van der Waals surface area contributed by atoms with Crippen LogP contribution in [0.4, 0.5) is 5.69 Å². The van der Waals surface area contributed by atoms with E-state index in [9.17, 15) is 9.90 Å². The third-order valence-electron chi connectivity index (χ3n) is 2.96. The van der Waals surface area contributed by atoms with Crippen LogP contribution in [-0.2, 0) is 6.54 Å². The lowest BCUT2D eigenvalue weighted by atomic mass is 10.1. The van der Waals surface area contributed by atoms with Crippen molar-refractivity contribution in [3.63, 3.8) is 0 Å². The average molecular weight is 282 g/mol. The van der Waals surface area contributed by atoms with Gasteiger partial charge in [-0.15, -0.1) is 0 Å². The summed E-state index contributed by atoms with van der Waals surface area (Å²) in [5.74, 6) is -1.01. The van der Waals surface area contributed by atoms with Gasteiger partial charge in [0.25, 0.3) is 0 Å². The Hall–Kier alpha value is -2.94. The van der Waals surface area contributed by atoms with E-state index in [4.69, 9.17) is 5.26 Å². The highest BCUT2D eigenvalue weighted by Crippen LogP contribution is 2.21. The molecule has 0 bridgehead atoms. The molecule has 1 N–H and O–H groups in total. The maximum absolute atomic E-state index is 11.3. The van der Waals surface area contributed by atoms with E-state index in [1.807, 2.05) is 17.0 Å². The van der Waals surface area contributed by atoms with Gasteiger partial charge in [0, 0.05) is 31.7 Å². The predicted octanol–water partition coefficient (Wildman–Crippen LogP) is 2.10. The first-order chi connectivity index (χ1) is 10.2. The summed E-state index contributed by atoms with van der Waals surface area (Å²) < 4.78 is 0. The maximum Gasteiger partial charge on any atom is 0.337 e. The lowest BCUT2D eigenvalue weighted by Crippen LogP contribution is -2.26. The number of anilines is 1. The molecule has 0 aliphatic carbocycles. The first-order valence-electron chi connectivity index (χ1n) is 6.40. The first-order valence-corrected chi connectivity index (χ1v) is 6.40. The largest absolute Gasteiger partial charge is 0.478 e. The summed E-state index contributed by atoms with van der Waals surface area (Å²) in [7, 11) is 0. The smallest absolute Gasteiger partial charge is 0.337 e. The number of pyridine rings is 2. The zero-order valence-corrected chi connectivity index (χ0v) is 11.3. The molecule has 6 nitrogen and oxygen atoms in total. The molecule has 0 spiro atoms. The highest BCUT2D eigenvalue weighted by atomic mass is 16.4. The SMILES string of the molecule is N#CCCN(Cc1cccnc1)c1cnccc1C(=O)O. The topological polar surface area (TPSA) is 90.1 Å². The van der Waals surface area contributed by atoms with E-state index in [0.717, 1.165) is 5.56 Å². The summed E-state index contributed by atoms with van der Waals surface area (Å²) >= 11 is 0. The maximum atomic E-state index is 11.3. The highest BCUT2D eigenvalue weighted by molar-refractivity contribution is 5.94. The molecule has 0 fully saturated rings. The highest BCUT2D eigenvalue weighted by Gasteiger charge is 2.16. The number of hydrogen-bond donors (Lipinski definition) is 1. The zero-order chi connectivity index (χ0) is 15.1. The van der Waals surface area contributed by atoms with E-state index in [2.05, 4.69) is 16.0 Å². The monoisotopic (exact) mass is 282 g/mol.